The number of imidazole rings is 1. The molecule has 5 rings (SSSR count). The number of aromatic amines is 1. The van der Waals surface area contributed by atoms with Crippen molar-refractivity contribution >= 4 is 11.0 Å². The summed E-state index contributed by atoms with van der Waals surface area (Å²) in [6.07, 6.45) is 3.58. The SMILES string of the molecule is Cc1cccc(-c2nc(-c3cccnc3)[nH]c2-c2ccc3nnn(C)c3c2)c1. The van der Waals surface area contributed by atoms with Crippen LogP contribution in [-0.2, 0) is 7.05 Å². The minimum atomic E-state index is 0.794. The number of hydrogen-bond acceptors (Lipinski definition) is 4. The number of aromatic nitrogens is 6. The maximum atomic E-state index is 4.92. The summed E-state index contributed by atoms with van der Waals surface area (Å²) < 4.78 is 1.78. The first-order valence-electron chi connectivity index (χ1n) is 9.06. The van der Waals surface area contributed by atoms with Gasteiger partial charge in [-0.1, -0.05) is 35.0 Å². The largest absolute Gasteiger partial charge is 0.337 e. The summed E-state index contributed by atoms with van der Waals surface area (Å²) in [5, 5.41) is 8.28. The molecule has 6 heteroatoms. The number of aryl methyl sites for hydroxylation is 2. The van der Waals surface area contributed by atoms with Crippen LogP contribution >= 0.6 is 0 Å². The van der Waals surface area contributed by atoms with Gasteiger partial charge >= 0.3 is 0 Å². The monoisotopic (exact) mass is 366 g/mol. The molecule has 0 aliphatic rings. The predicted octanol–water partition coefficient (Wildman–Crippen LogP) is 4.40. The van der Waals surface area contributed by atoms with Gasteiger partial charge in [0.05, 0.1) is 16.9 Å². The predicted molar refractivity (Wildman–Crippen MR) is 109 cm³/mol. The zero-order valence-electron chi connectivity index (χ0n) is 15.6. The van der Waals surface area contributed by atoms with Crippen molar-refractivity contribution in [1.29, 1.82) is 0 Å². The molecule has 0 bridgehead atoms. The molecule has 0 aliphatic heterocycles. The summed E-state index contributed by atoms with van der Waals surface area (Å²) in [7, 11) is 1.90. The van der Waals surface area contributed by atoms with Crippen molar-refractivity contribution in [2.45, 2.75) is 6.92 Å². The summed E-state index contributed by atoms with van der Waals surface area (Å²) in [4.78, 5) is 12.7. The Hall–Kier alpha value is -3.80. The minimum Gasteiger partial charge on any atom is -0.337 e. The number of pyridine rings is 1. The molecule has 6 nitrogen and oxygen atoms in total. The molecule has 5 aromatic rings. The topological polar surface area (TPSA) is 72.3 Å². The summed E-state index contributed by atoms with van der Waals surface area (Å²) in [6.45, 7) is 2.09. The number of benzene rings is 2. The van der Waals surface area contributed by atoms with E-state index in [4.69, 9.17) is 4.98 Å². The van der Waals surface area contributed by atoms with E-state index in [2.05, 4.69) is 63.6 Å². The summed E-state index contributed by atoms with van der Waals surface area (Å²) >= 11 is 0. The van der Waals surface area contributed by atoms with E-state index in [0.29, 0.717) is 0 Å². The molecule has 0 saturated carbocycles. The first kappa shape index (κ1) is 16.4. The van der Waals surface area contributed by atoms with Crippen molar-refractivity contribution in [3.8, 4) is 33.9 Å². The lowest BCUT2D eigenvalue weighted by Crippen LogP contribution is -1.90. The van der Waals surface area contributed by atoms with E-state index < -0.39 is 0 Å². The van der Waals surface area contributed by atoms with Gasteiger partial charge in [-0.05, 0) is 37.3 Å². The third-order valence-corrected chi connectivity index (χ3v) is 4.83. The lowest BCUT2D eigenvalue weighted by Gasteiger charge is -2.05. The van der Waals surface area contributed by atoms with Crippen LogP contribution in [0.2, 0.25) is 0 Å². The van der Waals surface area contributed by atoms with Gasteiger partial charge in [0.25, 0.3) is 0 Å². The van der Waals surface area contributed by atoms with Crippen LogP contribution in [0.1, 0.15) is 5.56 Å². The zero-order chi connectivity index (χ0) is 19.1. The van der Waals surface area contributed by atoms with Crippen molar-refractivity contribution in [3.63, 3.8) is 0 Å². The molecule has 0 aliphatic carbocycles. The van der Waals surface area contributed by atoms with E-state index in [1.165, 1.54) is 5.56 Å². The Labute approximate surface area is 161 Å². The Kier molecular flexibility index (Phi) is 3.76. The van der Waals surface area contributed by atoms with Gasteiger partial charge in [0, 0.05) is 36.1 Å². The van der Waals surface area contributed by atoms with E-state index >= 15 is 0 Å². The number of nitrogens with one attached hydrogen (secondary N) is 1. The van der Waals surface area contributed by atoms with Gasteiger partial charge in [-0.3, -0.25) is 4.98 Å². The van der Waals surface area contributed by atoms with E-state index in [1.54, 1.807) is 10.9 Å². The molecule has 0 spiro atoms. The van der Waals surface area contributed by atoms with E-state index in [9.17, 15) is 0 Å². The quantitative estimate of drug-likeness (QED) is 0.514. The fourth-order valence-electron chi connectivity index (χ4n) is 3.41. The van der Waals surface area contributed by atoms with Crippen LogP contribution in [-0.4, -0.2) is 29.9 Å². The Morgan fingerprint density at radius 3 is 2.64 bits per heavy atom. The van der Waals surface area contributed by atoms with Crippen molar-refractivity contribution in [2.24, 2.45) is 7.05 Å². The van der Waals surface area contributed by atoms with Crippen molar-refractivity contribution in [3.05, 3.63) is 72.6 Å². The average Bonchev–Trinajstić information content (AvgIpc) is 3.33. The number of hydrogen-bond donors (Lipinski definition) is 1. The van der Waals surface area contributed by atoms with Gasteiger partial charge < -0.3 is 4.98 Å². The Bertz CT molecular complexity index is 1280. The molecular formula is C22H18N6. The Morgan fingerprint density at radius 2 is 1.82 bits per heavy atom. The molecule has 3 aromatic heterocycles. The summed E-state index contributed by atoms with van der Waals surface area (Å²) in [5.74, 6) is 0.794. The van der Waals surface area contributed by atoms with Crippen molar-refractivity contribution < 1.29 is 0 Å². The first-order valence-corrected chi connectivity index (χ1v) is 9.06. The second-order valence-corrected chi connectivity index (χ2v) is 6.84. The number of rotatable bonds is 3. The molecule has 3 heterocycles. The van der Waals surface area contributed by atoms with E-state index in [-0.39, 0.29) is 0 Å². The van der Waals surface area contributed by atoms with Gasteiger partial charge in [0.2, 0.25) is 0 Å². The third kappa shape index (κ3) is 2.75. The van der Waals surface area contributed by atoms with Crippen LogP contribution in [0.25, 0.3) is 44.9 Å². The number of H-pyrrole nitrogens is 1. The maximum Gasteiger partial charge on any atom is 0.140 e. The molecule has 0 atom stereocenters. The van der Waals surface area contributed by atoms with Crippen LogP contribution in [0.5, 0.6) is 0 Å². The van der Waals surface area contributed by atoms with Gasteiger partial charge in [-0.25, -0.2) is 9.67 Å². The highest BCUT2D eigenvalue weighted by Gasteiger charge is 2.16. The molecule has 28 heavy (non-hydrogen) atoms. The highest BCUT2D eigenvalue weighted by atomic mass is 15.4. The third-order valence-electron chi connectivity index (χ3n) is 4.83. The maximum absolute atomic E-state index is 4.92. The average molecular weight is 366 g/mol. The van der Waals surface area contributed by atoms with Gasteiger partial charge in [0.1, 0.15) is 11.3 Å². The highest BCUT2D eigenvalue weighted by molar-refractivity contribution is 5.86. The summed E-state index contributed by atoms with van der Waals surface area (Å²) in [5.41, 5.74) is 7.98. The van der Waals surface area contributed by atoms with Crippen molar-refractivity contribution in [1.82, 2.24) is 29.9 Å². The minimum absolute atomic E-state index is 0.794. The lowest BCUT2D eigenvalue weighted by molar-refractivity contribution is 0.736. The second kappa shape index (κ2) is 6.42. The Morgan fingerprint density at radius 1 is 0.929 bits per heavy atom. The smallest absolute Gasteiger partial charge is 0.140 e. The molecule has 0 amide bonds. The molecular weight excluding hydrogens is 348 g/mol. The van der Waals surface area contributed by atoms with Gasteiger partial charge in [0.15, 0.2) is 0 Å². The fraction of sp³-hybridized carbons (Fsp3) is 0.0909. The highest BCUT2D eigenvalue weighted by Crippen LogP contribution is 2.34. The second-order valence-electron chi connectivity index (χ2n) is 6.84. The number of nitrogens with zero attached hydrogens (tertiary/aromatic N) is 5. The Balaban J connectivity index is 1.74. The molecule has 136 valence electrons. The van der Waals surface area contributed by atoms with Crippen LogP contribution in [0.3, 0.4) is 0 Å². The van der Waals surface area contributed by atoms with Gasteiger partial charge in [-0.2, -0.15) is 0 Å². The van der Waals surface area contributed by atoms with E-state index in [1.807, 2.05) is 31.4 Å². The molecule has 0 unspecified atom stereocenters. The van der Waals surface area contributed by atoms with Gasteiger partial charge in [-0.15, -0.1) is 5.10 Å². The van der Waals surface area contributed by atoms with Crippen molar-refractivity contribution in [2.75, 3.05) is 0 Å². The van der Waals surface area contributed by atoms with E-state index in [0.717, 1.165) is 44.9 Å². The molecule has 0 saturated heterocycles. The number of fused-ring (bicyclic) bond motifs is 1. The fourth-order valence-corrected chi connectivity index (χ4v) is 3.41. The molecule has 1 N–H and O–H groups in total. The van der Waals surface area contributed by atoms with Crippen LogP contribution < -0.4 is 0 Å². The van der Waals surface area contributed by atoms with Crippen LogP contribution in [0, 0.1) is 6.92 Å². The molecule has 0 radical (unpaired) electrons. The molecule has 2 aromatic carbocycles. The lowest BCUT2D eigenvalue weighted by atomic mass is 10.0. The normalized spacial score (nSPS) is 11.2. The zero-order valence-corrected chi connectivity index (χ0v) is 15.6. The first-order chi connectivity index (χ1) is 13.7. The molecule has 0 fully saturated rings. The van der Waals surface area contributed by atoms with Crippen LogP contribution in [0.4, 0.5) is 0 Å². The van der Waals surface area contributed by atoms with Crippen LogP contribution in [0.15, 0.2) is 67.0 Å². The summed E-state index contributed by atoms with van der Waals surface area (Å²) in [6, 6.07) is 18.4. The standard InChI is InChI=1S/C22H18N6/c1-14-5-3-6-15(11-14)20-21(25-22(24-20)17-7-4-10-23-13-17)16-8-9-18-19(12-16)28(2)27-26-18/h3-13H,1-2H3,(H,24,25).